The average molecular weight is 457 g/mol. The topological polar surface area (TPSA) is 73.4 Å². The van der Waals surface area contributed by atoms with Gasteiger partial charge in [-0.05, 0) is 33.0 Å². The molecule has 4 rings (SSSR count). The fourth-order valence-corrected chi connectivity index (χ4v) is 3.97. The van der Waals surface area contributed by atoms with Crippen molar-refractivity contribution in [2.24, 2.45) is 0 Å². The van der Waals surface area contributed by atoms with Crippen LogP contribution in [0.1, 0.15) is 28.9 Å². The van der Waals surface area contributed by atoms with Crippen LogP contribution in [-0.4, -0.2) is 65.9 Å². The number of likely N-dealkylation sites (tertiary alicyclic amines) is 1. The first-order valence-electron chi connectivity index (χ1n) is 11.7. The van der Waals surface area contributed by atoms with E-state index in [4.69, 9.17) is 0 Å². The Morgan fingerprint density at radius 1 is 1.03 bits per heavy atom. The van der Waals surface area contributed by atoms with E-state index in [-0.39, 0.29) is 5.91 Å². The maximum atomic E-state index is 13.3. The number of aromatic nitrogens is 2. The summed E-state index contributed by atoms with van der Waals surface area (Å²) < 4.78 is 0. The van der Waals surface area contributed by atoms with Crippen LogP contribution < -0.4 is 10.6 Å². The summed E-state index contributed by atoms with van der Waals surface area (Å²) in [6.07, 6.45) is 2.33. The Bertz CT molecular complexity index is 1140. The number of nitrogens with one attached hydrogen (secondary N) is 2. The summed E-state index contributed by atoms with van der Waals surface area (Å²) in [5.41, 5.74) is 3.76. The molecule has 1 aliphatic heterocycles. The number of nitrogens with zero attached hydrogens (tertiary/aromatic N) is 4. The maximum absolute atomic E-state index is 13.3. The largest absolute Gasteiger partial charge is 0.371 e. The Balaban J connectivity index is 1.61. The molecule has 2 heterocycles. The number of carbonyl (C=O) groups excluding carboxylic acids is 1. The van der Waals surface area contributed by atoms with E-state index in [2.05, 4.69) is 37.0 Å². The third-order valence-electron chi connectivity index (χ3n) is 5.83. The smallest absolute Gasteiger partial charge is 0.274 e. The quantitative estimate of drug-likeness (QED) is 0.496. The number of benzene rings is 2. The minimum atomic E-state index is -0.281. The van der Waals surface area contributed by atoms with Gasteiger partial charge in [0.15, 0.2) is 5.82 Å². The Hall–Kier alpha value is -3.71. The van der Waals surface area contributed by atoms with Gasteiger partial charge in [-0.3, -0.25) is 4.79 Å². The second-order valence-electron chi connectivity index (χ2n) is 8.70. The van der Waals surface area contributed by atoms with Gasteiger partial charge in [0.25, 0.3) is 5.91 Å². The van der Waals surface area contributed by atoms with E-state index in [1.54, 1.807) is 6.07 Å². The van der Waals surface area contributed by atoms with E-state index >= 15 is 0 Å². The monoisotopic (exact) mass is 456 g/mol. The molecule has 7 heteroatoms. The van der Waals surface area contributed by atoms with Crippen LogP contribution in [0.3, 0.4) is 0 Å². The molecule has 1 saturated heterocycles. The van der Waals surface area contributed by atoms with Crippen LogP contribution in [-0.2, 0) is 0 Å². The van der Waals surface area contributed by atoms with Crippen LogP contribution in [0.2, 0.25) is 0 Å². The van der Waals surface area contributed by atoms with Gasteiger partial charge in [-0.2, -0.15) is 0 Å². The summed E-state index contributed by atoms with van der Waals surface area (Å²) >= 11 is 0. The molecule has 1 aromatic heterocycles. The molecule has 2 N–H and O–H groups in total. The summed E-state index contributed by atoms with van der Waals surface area (Å²) in [5.74, 6) is 0.850. The van der Waals surface area contributed by atoms with Gasteiger partial charge in [0.2, 0.25) is 0 Å². The molecular weight excluding hydrogens is 424 g/mol. The normalized spacial score (nSPS) is 13.2. The molecule has 0 bridgehead atoms. The standard InChI is InChI=1S/C27H32N6O/c1-20(33-16-9-10-17-33)22-13-7-8-14-23(22)30-27(34)24-19-25(28-15-18-32(2)3)31-26(29-24)21-11-5-4-6-12-21/h4-8,11-14,19H,1,9-10,15-18H2,2-3H3,(H,30,34)(H,28,29,31). The molecule has 1 aliphatic rings. The predicted octanol–water partition coefficient (Wildman–Crippen LogP) is 4.44. The highest BCUT2D eigenvalue weighted by molar-refractivity contribution is 6.05. The van der Waals surface area contributed by atoms with Crippen molar-refractivity contribution in [3.63, 3.8) is 0 Å². The van der Waals surface area contributed by atoms with E-state index in [0.717, 1.165) is 42.1 Å². The number of carbonyl (C=O) groups is 1. The van der Waals surface area contributed by atoms with Gasteiger partial charge in [0.1, 0.15) is 11.5 Å². The summed E-state index contributed by atoms with van der Waals surface area (Å²) in [7, 11) is 4.03. The van der Waals surface area contributed by atoms with Crippen LogP contribution in [0.5, 0.6) is 0 Å². The van der Waals surface area contributed by atoms with Crippen molar-refractivity contribution >= 4 is 23.1 Å². The highest BCUT2D eigenvalue weighted by Crippen LogP contribution is 2.28. The van der Waals surface area contributed by atoms with E-state index in [9.17, 15) is 4.79 Å². The second kappa shape index (κ2) is 10.9. The summed E-state index contributed by atoms with van der Waals surface area (Å²) in [5, 5.41) is 6.38. The van der Waals surface area contributed by atoms with Gasteiger partial charge in [-0.25, -0.2) is 9.97 Å². The molecule has 3 aromatic rings. The Labute approximate surface area is 201 Å². The minimum Gasteiger partial charge on any atom is -0.371 e. The predicted molar refractivity (Wildman–Crippen MR) is 139 cm³/mol. The van der Waals surface area contributed by atoms with Crippen LogP contribution in [0.25, 0.3) is 17.1 Å². The zero-order valence-corrected chi connectivity index (χ0v) is 19.9. The molecule has 7 nitrogen and oxygen atoms in total. The maximum Gasteiger partial charge on any atom is 0.274 e. The first kappa shape index (κ1) is 23.4. The lowest BCUT2D eigenvalue weighted by Gasteiger charge is -2.22. The molecule has 1 amide bonds. The lowest BCUT2D eigenvalue weighted by atomic mass is 10.1. The van der Waals surface area contributed by atoms with Crippen molar-refractivity contribution < 1.29 is 4.79 Å². The first-order valence-corrected chi connectivity index (χ1v) is 11.7. The molecule has 0 aliphatic carbocycles. The molecule has 2 aromatic carbocycles. The third-order valence-corrected chi connectivity index (χ3v) is 5.83. The number of para-hydroxylation sites is 1. The van der Waals surface area contributed by atoms with Crippen LogP contribution in [0.15, 0.2) is 67.2 Å². The number of amides is 1. The van der Waals surface area contributed by atoms with Gasteiger partial charge in [0.05, 0.1) is 5.69 Å². The minimum absolute atomic E-state index is 0.281. The molecule has 34 heavy (non-hydrogen) atoms. The molecule has 0 radical (unpaired) electrons. The fraction of sp³-hybridized carbons (Fsp3) is 0.296. The van der Waals surface area contributed by atoms with Crippen LogP contribution >= 0.6 is 0 Å². The van der Waals surface area contributed by atoms with Crippen molar-refractivity contribution in [2.75, 3.05) is 50.9 Å². The van der Waals surface area contributed by atoms with Gasteiger partial charge >= 0.3 is 0 Å². The van der Waals surface area contributed by atoms with Crippen molar-refractivity contribution in [3.8, 4) is 11.4 Å². The van der Waals surface area contributed by atoms with Gasteiger partial charge in [-0.1, -0.05) is 55.1 Å². The van der Waals surface area contributed by atoms with Gasteiger partial charge in [-0.15, -0.1) is 0 Å². The molecule has 0 saturated carbocycles. The molecule has 1 fully saturated rings. The Morgan fingerprint density at radius 3 is 2.47 bits per heavy atom. The Morgan fingerprint density at radius 2 is 1.74 bits per heavy atom. The fourth-order valence-electron chi connectivity index (χ4n) is 3.97. The second-order valence-corrected chi connectivity index (χ2v) is 8.70. The highest BCUT2D eigenvalue weighted by Gasteiger charge is 2.19. The van der Waals surface area contributed by atoms with Crippen LogP contribution in [0.4, 0.5) is 11.5 Å². The average Bonchev–Trinajstić information content (AvgIpc) is 3.39. The number of rotatable bonds is 9. The highest BCUT2D eigenvalue weighted by atomic mass is 16.1. The zero-order valence-electron chi connectivity index (χ0n) is 19.9. The van der Waals surface area contributed by atoms with Gasteiger partial charge < -0.3 is 20.4 Å². The zero-order chi connectivity index (χ0) is 23.9. The number of likely N-dealkylation sites (N-methyl/N-ethyl adjacent to an activating group) is 1. The third kappa shape index (κ3) is 5.80. The molecular formula is C27H32N6O. The van der Waals surface area contributed by atoms with E-state index < -0.39 is 0 Å². The molecule has 0 atom stereocenters. The summed E-state index contributed by atoms with van der Waals surface area (Å²) in [6, 6.07) is 19.2. The van der Waals surface area contributed by atoms with Crippen LogP contribution in [0, 0.1) is 0 Å². The van der Waals surface area contributed by atoms with Crippen molar-refractivity contribution in [1.29, 1.82) is 0 Å². The molecule has 176 valence electrons. The number of hydrogen-bond donors (Lipinski definition) is 2. The molecule has 0 unspecified atom stereocenters. The lowest BCUT2D eigenvalue weighted by molar-refractivity contribution is 0.102. The van der Waals surface area contributed by atoms with Gasteiger partial charge in [0, 0.05) is 49.1 Å². The van der Waals surface area contributed by atoms with Crippen molar-refractivity contribution in [2.45, 2.75) is 12.8 Å². The number of anilines is 2. The number of hydrogen-bond acceptors (Lipinski definition) is 6. The first-order chi connectivity index (χ1) is 16.5. The SMILES string of the molecule is C=C(c1ccccc1NC(=O)c1cc(NCCN(C)C)nc(-c2ccccc2)n1)N1CCCC1. The lowest BCUT2D eigenvalue weighted by Crippen LogP contribution is -2.22. The Kier molecular flexibility index (Phi) is 7.54. The van der Waals surface area contributed by atoms with E-state index in [0.29, 0.717) is 23.9 Å². The van der Waals surface area contributed by atoms with Crippen molar-refractivity contribution in [1.82, 2.24) is 19.8 Å². The van der Waals surface area contributed by atoms with E-state index in [1.165, 1.54) is 12.8 Å². The van der Waals surface area contributed by atoms with E-state index in [1.807, 2.05) is 68.7 Å². The van der Waals surface area contributed by atoms with Crippen molar-refractivity contribution in [3.05, 3.63) is 78.5 Å². The molecule has 0 spiro atoms. The summed E-state index contributed by atoms with van der Waals surface area (Å²) in [4.78, 5) is 26.9. The summed E-state index contributed by atoms with van der Waals surface area (Å²) in [6.45, 7) is 7.84.